The third kappa shape index (κ3) is 10.1. The predicted octanol–water partition coefficient (Wildman–Crippen LogP) is 5.94. The summed E-state index contributed by atoms with van der Waals surface area (Å²) in [4.78, 5) is 62.2. The fraction of sp³-hybridized carbons (Fsp3) is 0.762. The van der Waals surface area contributed by atoms with E-state index in [1.807, 2.05) is 25.9 Å². The molecule has 16 heteroatoms. The average Bonchev–Trinajstić information content (AvgIpc) is 3.46. The fourth-order valence-corrected chi connectivity index (χ4v) is 9.25. The highest BCUT2D eigenvalue weighted by Gasteiger charge is 2.60. The molecule has 0 aromatic heterocycles. The maximum absolute atomic E-state index is 14.7. The zero-order valence-corrected chi connectivity index (χ0v) is 36.0. The normalized spacial score (nSPS) is 37.6. The van der Waals surface area contributed by atoms with E-state index >= 15 is 0 Å². The summed E-state index contributed by atoms with van der Waals surface area (Å²) in [5.74, 6) is -4.82. The number of hydrogen-bond donors (Lipinski definition) is 1. The number of methoxy groups -OCH3 is 1. The number of amides is 1. The maximum Gasteiger partial charge on any atom is 0.410 e. The summed E-state index contributed by atoms with van der Waals surface area (Å²) >= 11 is 0. The molecule has 324 valence electrons. The molecule has 16 nitrogen and oxygen atoms in total. The first-order valence-corrected chi connectivity index (χ1v) is 20.6. The molecule has 0 radical (unpaired) electrons. The molecule has 3 heterocycles. The van der Waals surface area contributed by atoms with Gasteiger partial charge in [-0.1, -0.05) is 51.0 Å². The minimum absolute atomic E-state index is 0.114. The van der Waals surface area contributed by atoms with Crippen LogP contribution in [-0.2, 0) is 38.0 Å². The van der Waals surface area contributed by atoms with E-state index in [9.17, 15) is 24.3 Å². The second kappa shape index (κ2) is 20.0. The van der Waals surface area contributed by atoms with Gasteiger partial charge in [0.1, 0.15) is 11.9 Å². The van der Waals surface area contributed by atoms with E-state index in [4.69, 9.17) is 34.0 Å². The van der Waals surface area contributed by atoms with Gasteiger partial charge in [-0.25, -0.2) is 9.59 Å². The van der Waals surface area contributed by atoms with Crippen molar-refractivity contribution in [2.45, 2.75) is 148 Å². The first-order valence-electron chi connectivity index (χ1n) is 20.6. The van der Waals surface area contributed by atoms with Gasteiger partial charge in [0.05, 0.1) is 47.5 Å². The molecule has 3 aliphatic heterocycles. The predicted molar refractivity (Wildman–Crippen MR) is 213 cm³/mol. The number of aliphatic hydroxyl groups excluding tert-OH is 1. The minimum Gasteiger partial charge on any atom is -0.458 e. The lowest BCUT2D eigenvalue weighted by Gasteiger charge is -2.48. The molecule has 3 saturated heterocycles. The summed E-state index contributed by atoms with van der Waals surface area (Å²) < 4.78 is 38.0. The van der Waals surface area contributed by atoms with Crippen molar-refractivity contribution < 1.29 is 52.7 Å². The van der Waals surface area contributed by atoms with Crippen LogP contribution in [-0.4, -0.2) is 133 Å². The summed E-state index contributed by atoms with van der Waals surface area (Å²) in [6, 6.07) is 7.49. The van der Waals surface area contributed by atoms with Crippen LogP contribution < -0.4 is 0 Å². The molecule has 0 spiro atoms. The van der Waals surface area contributed by atoms with Crippen LogP contribution in [0.25, 0.3) is 10.4 Å². The van der Waals surface area contributed by atoms with Gasteiger partial charge in [-0.15, -0.1) is 0 Å². The first kappa shape index (κ1) is 46.9. The minimum atomic E-state index is -1.41. The number of Topliss-reactive ketones (excluding diaryl/α,β-unsaturated/α-hetero) is 1. The number of fused-ring (bicyclic) bond motifs is 1. The standard InChI is InChI=1S/C42H65N5O11/c1-12-31-42(8)35(47(40(52)58-42)21-17-16-20-44-45-43)26(4)32(48)24(2)23-41(7,53-11)36(27(5)33(49)28(6)37(50)55-31)57-39-34(30(46(9)10)22-25(3)54-39)56-38(51)29-18-14-13-15-19-29/h13-15,18-19,24-28,30-31,33-36,39,49H,12,16-17,20-23H2,1-11H3/t24-,25-,26+,27+,28-,30+,31?,33+,34-,35-,36-,39+,41-,42-/m1/s1. The number of esters is 2. The highest BCUT2D eigenvalue weighted by atomic mass is 16.7. The molecule has 0 aliphatic carbocycles. The molecule has 1 aromatic rings. The highest BCUT2D eigenvalue weighted by Crippen LogP contribution is 2.43. The fourth-order valence-electron chi connectivity index (χ4n) is 9.25. The number of carbonyl (C=O) groups excluding carboxylic acids is 4. The molecule has 3 aliphatic rings. The number of ketones is 1. The Morgan fingerprint density at radius 1 is 1.07 bits per heavy atom. The second-order valence-electron chi connectivity index (χ2n) is 17.0. The van der Waals surface area contributed by atoms with E-state index in [1.165, 1.54) is 12.0 Å². The molecule has 3 fully saturated rings. The summed E-state index contributed by atoms with van der Waals surface area (Å²) in [7, 11) is 5.28. The average molecular weight is 816 g/mol. The molecule has 1 amide bonds. The van der Waals surface area contributed by atoms with E-state index in [-0.39, 0.29) is 43.9 Å². The van der Waals surface area contributed by atoms with E-state index in [0.29, 0.717) is 24.8 Å². The lowest BCUT2D eigenvalue weighted by atomic mass is 9.73. The van der Waals surface area contributed by atoms with Crippen LogP contribution in [0.1, 0.15) is 97.9 Å². The number of carbonyl (C=O) groups is 4. The van der Waals surface area contributed by atoms with Gasteiger partial charge in [-0.05, 0) is 91.6 Å². The highest BCUT2D eigenvalue weighted by molar-refractivity contribution is 5.89. The largest absolute Gasteiger partial charge is 0.458 e. The van der Waals surface area contributed by atoms with Crippen LogP contribution in [0.5, 0.6) is 0 Å². The Kier molecular flexibility index (Phi) is 16.2. The van der Waals surface area contributed by atoms with Crippen molar-refractivity contribution in [2.75, 3.05) is 34.3 Å². The molecule has 0 bridgehead atoms. The quantitative estimate of drug-likeness (QED) is 0.0652. The topological polar surface area (TPSA) is 199 Å². The molecule has 0 saturated carbocycles. The van der Waals surface area contributed by atoms with Crippen molar-refractivity contribution >= 4 is 23.8 Å². The van der Waals surface area contributed by atoms with Crippen LogP contribution in [0.3, 0.4) is 0 Å². The van der Waals surface area contributed by atoms with Gasteiger partial charge in [0.15, 0.2) is 18.0 Å². The molecule has 14 atom stereocenters. The summed E-state index contributed by atoms with van der Waals surface area (Å²) in [6.07, 6.45) is -4.45. The molecule has 4 rings (SSSR count). The van der Waals surface area contributed by atoms with Gasteiger partial charge in [-0.3, -0.25) is 9.59 Å². The van der Waals surface area contributed by atoms with Gasteiger partial charge < -0.3 is 43.3 Å². The van der Waals surface area contributed by atoms with Gasteiger partial charge in [0.25, 0.3) is 0 Å². The lowest BCUT2D eigenvalue weighted by molar-refractivity contribution is -0.300. The van der Waals surface area contributed by atoms with Crippen molar-refractivity contribution in [1.29, 1.82) is 0 Å². The van der Waals surface area contributed by atoms with Crippen molar-refractivity contribution in [2.24, 2.45) is 28.8 Å². The number of unbranched alkanes of at least 4 members (excludes halogenated alkanes) is 1. The van der Waals surface area contributed by atoms with Crippen LogP contribution in [0.4, 0.5) is 4.79 Å². The number of hydrogen-bond acceptors (Lipinski definition) is 13. The molecule has 1 unspecified atom stereocenters. The number of likely N-dealkylation sites (N-methyl/N-ethyl adjacent to an activating group) is 1. The van der Waals surface area contributed by atoms with E-state index in [0.717, 1.165) is 0 Å². The SMILES string of the molecule is CCC1OC(=O)[C@H](C)[C@@H](O)[C@H](C)[C@@H](O[C@@H]2O[C@H](C)C[C@H](N(C)C)[C@H]2OC(=O)c2ccccc2)[C@](C)(OC)C[C@@H](C)C(=O)[C@H](C)[C@H]2N(CCCCN=[N+]=[N-])C(=O)O[C@]12C. The Hall–Kier alpha value is -3.79. The molecule has 1 aromatic carbocycles. The first-order chi connectivity index (χ1) is 27.3. The van der Waals surface area contributed by atoms with Crippen molar-refractivity contribution in [3.8, 4) is 0 Å². The zero-order chi connectivity index (χ0) is 43.1. The Bertz CT molecular complexity index is 1630. The number of aliphatic hydroxyl groups is 1. The van der Waals surface area contributed by atoms with Gasteiger partial charge in [0, 0.05) is 42.9 Å². The van der Waals surface area contributed by atoms with Gasteiger partial charge in [-0.2, -0.15) is 0 Å². The van der Waals surface area contributed by atoms with Crippen molar-refractivity contribution in [3.05, 3.63) is 46.3 Å². The molecular weight excluding hydrogens is 750 g/mol. The Morgan fingerprint density at radius 3 is 2.34 bits per heavy atom. The summed E-state index contributed by atoms with van der Waals surface area (Å²) in [5.41, 5.74) is 6.38. The number of cyclic esters (lactones) is 1. The van der Waals surface area contributed by atoms with Gasteiger partial charge in [0.2, 0.25) is 0 Å². The van der Waals surface area contributed by atoms with E-state index in [2.05, 4.69) is 10.0 Å². The van der Waals surface area contributed by atoms with Crippen LogP contribution in [0.15, 0.2) is 35.4 Å². The van der Waals surface area contributed by atoms with Gasteiger partial charge >= 0.3 is 18.0 Å². The number of rotatable bonds is 12. The zero-order valence-electron chi connectivity index (χ0n) is 36.0. The monoisotopic (exact) mass is 815 g/mol. The van der Waals surface area contributed by atoms with Crippen LogP contribution in [0, 0.1) is 23.7 Å². The molecular formula is C42H65N5O11. The Morgan fingerprint density at radius 2 is 1.74 bits per heavy atom. The van der Waals surface area contributed by atoms with Crippen LogP contribution in [0.2, 0.25) is 0 Å². The Labute approximate surface area is 342 Å². The maximum atomic E-state index is 14.7. The second-order valence-corrected chi connectivity index (χ2v) is 17.0. The summed E-state index contributed by atoms with van der Waals surface area (Å²) in [5, 5.41) is 15.7. The summed E-state index contributed by atoms with van der Waals surface area (Å²) in [6.45, 7) is 14.5. The number of benzene rings is 1. The number of azide groups is 1. The third-order valence-corrected chi connectivity index (χ3v) is 12.6. The number of ether oxygens (including phenoxy) is 6. The van der Waals surface area contributed by atoms with Crippen LogP contribution >= 0.6 is 0 Å². The van der Waals surface area contributed by atoms with Crippen molar-refractivity contribution in [1.82, 2.24) is 9.80 Å². The number of nitrogens with zero attached hydrogens (tertiary/aromatic N) is 5. The molecule has 58 heavy (non-hydrogen) atoms. The third-order valence-electron chi connectivity index (χ3n) is 12.6. The Balaban J connectivity index is 1.78. The van der Waals surface area contributed by atoms with E-state index < -0.39 is 89.7 Å². The van der Waals surface area contributed by atoms with Crippen molar-refractivity contribution in [3.63, 3.8) is 0 Å². The van der Waals surface area contributed by atoms with E-state index in [1.54, 1.807) is 78.8 Å². The lowest BCUT2D eigenvalue weighted by Crippen LogP contribution is -2.61. The smallest absolute Gasteiger partial charge is 0.410 e. The molecule has 1 N–H and O–H groups in total.